The van der Waals surface area contributed by atoms with Gasteiger partial charge in [-0.05, 0) is 19.3 Å². The second-order valence-electron chi connectivity index (χ2n) is 4.09. The summed E-state index contributed by atoms with van der Waals surface area (Å²) in [7, 11) is 0. The molecule has 0 saturated carbocycles. The van der Waals surface area contributed by atoms with E-state index in [1.54, 1.807) is 0 Å². The van der Waals surface area contributed by atoms with E-state index in [2.05, 4.69) is 25.3 Å². The normalized spacial score (nSPS) is 32.8. The highest BCUT2D eigenvalue weighted by atomic mass is 15.2. The minimum atomic E-state index is 0.415. The number of hydrogen-bond donors (Lipinski definition) is 1. The first-order valence-electron chi connectivity index (χ1n) is 5.31. The van der Waals surface area contributed by atoms with E-state index >= 15 is 0 Å². The first-order chi connectivity index (χ1) is 6.19. The molecule has 2 N–H and O–H groups in total. The Morgan fingerprint density at radius 3 is 2.92 bits per heavy atom. The molecule has 0 radical (unpaired) electrons. The van der Waals surface area contributed by atoms with E-state index in [-0.39, 0.29) is 0 Å². The van der Waals surface area contributed by atoms with Gasteiger partial charge in [-0.1, -0.05) is 19.4 Å². The van der Waals surface area contributed by atoms with E-state index in [0.29, 0.717) is 18.0 Å². The van der Waals surface area contributed by atoms with Crippen molar-refractivity contribution < 1.29 is 0 Å². The van der Waals surface area contributed by atoms with Gasteiger partial charge in [-0.25, -0.2) is 0 Å². The fourth-order valence-corrected chi connectivity index (χ4v) is 2.03. The largest absolute Gasteiger partial charge is 0.327 e. The maximum absolute atomic E-state index is 6.04. The fraction of sp³-hybridized carbons (Fsp3) is 0.818. The second kappa shape index (κ2) is 4.77. The van der Waals surface area contributed by atoms with Gasteiger partial charge in [0.2, 0.25) is 0 Å². The average molecular weight is 182 g/mol. The van der Waals surface area contributed by atoms with Crippen LogP contribution >= 0.6 is 0 Å². The third-order valence-corrected chi connectivity index (χ3v) is 3.27. The lowest BCUT2D eigenvalue weighted by Crippen LogP contribution is -2.49. The second-order valence-corrected chi connectivity index (χ2v) is 4.09. The molecule has 1 saturated heterocycles. The summed E-state index contributed by atoms with van der Waals surface area (Å²) in [6, 6.07) is 0.916. The van der Waals surface area contributed by atoms with E-state index < -0.39 is 0 Å². The monoisotopic (exact) mass is 182 g/mol. The van der Waals surface area contributed by atoms with Crippen LogP contribution in [0.15, 0.2) is 12.7 Å². The van der Waals surface area contributed by atoms with Crippen LogP contribution in [0.3, 0.4) is 0 Å². The summed E-state index contributed by atoms with van der Waals surface area (Å²) in [6.07, 6.45) is 4.35. The molecule has 0 bridgehead atoms. The third-order valence-electron chi connectivity index (χ3n) is 3.27. The molecule has 1 aliphatic rings. The van der Waals surface area contributed by atoms with Gasteiger partial charge in [0.15, 0.2) is 0 Å². The number of nitrogens with zero attached hydrogens (tertiary/aromatic N) is 1. The molecule has 0 amide bonds. The molecule has 13 heavy (non-hydrogen) atoms. The van der Waals surface area contributed by atoms with Crippen molar-refractivity contribution in [3.05, 3.63) is 12.7 Å². The fourth-order valence-electron chi connectivity index (χ4n) is 2.03. The highest BCUT2D eigenvalue weighted by Gasteiger charge is 2.26. The van der Waals surface area contributed by atoms with Crippen LogP contribution in [0, 0.1) is 5.92 Å². The molecule has 3 unspecified atom stereocenters. The molecular formula is C11H22N2. The molecule has 2 heteroatoms. The Hall–Kier alpha value is -0.340. The molecule has 0 aromatic carbocycles. The Balaban J connectivity index is 2.49. The quantitative estimate of drug-likeness (QED) is 0.672. The van der Waals surface area contributed by atoms with Crippen molar-refractivity contribution >= 4 is 0 Å². The number of nitrogens with two attached hydrogens (primary N) is 1. The Bertz CT molecular complexity index is 167. The lowest BCUT2D eigenvalue weighted by molar-refractivity contribution is 0.133. The first kappa shape index (κ1) is 10.7. The van der Waals surface area contributed by atoms with Gasteiger partial charge in [0.25, 0.3) is 0 Å². The van der Waals surface area contributed by atoms with E-state index in [4.69, 9.17) is 5.73 Å². The molecular weight excluding hydrogens is 160 g/mol. The van der Waals surface area contributed by atoms with Crippen molar-refractivity contribution in [2.24, 2.45) is 11.7 Å². The van der Waals surface area contributed by atoms with Crippen LogP contribution in [-0.2, 0) is 0 Å². The van der Waals surface area contributed by atoms with Gasteiger partial charge in [-0.2, -0.15) is 0 Å². The summed E-state index contributed by atoms with van der Waals surface area (Å²) in [5.74, 6) is 0.677. The molecule has 1 aliphatic heterocycles. The minimum Gasteiger partial charge on any atom is -0.327 e. The lowest BCUT2D eigenvalue weighted by atomic mass is 9.90. The van der Waals surface area contributed by atoms with Crippen molar-refractivity contribution in [3.8, 4) is 0 Å². The van der Waals surface area contributed by atoms with Crippen LogP contribution in [-0.4, -0.2) is 30.1 Å². The highest BCUT2D eigenvalue weighted by Crippen LogP contribution is 2.20. The van der Waals surface area contributed by atoms with Crippen LogP contribution < -0.4 is 5.73 Å². The van der Waals surface area contributed by atoms with Crippen molar-refractivity contribution in [2.75, 3.05) is 13.1 Å². The number of piperidine rings is 1. The maximum atomic E-state index is 6.04. The zero-order valence-corrected chi connectivity index (χ0v) is 8.87. The Morgan fingerprint density at radius 1 is 1.69 bits per heavy atom. The predicted molar refractivity (Wildman–Crippen MR) is 57.6 cm³/mol. The van der Waals surface area contributed by atoms with E-state index in [1.165, 1.54) is 6.42 Å². The average Bonchev–Trinajstić information content (AvgIpc) is 2.17. The van der Waals surface area contributed by atoms with Crippen molar-refractivity contribution in [2.45, 2.75) is 38.8 Å². The maximum Gasteiger partial charge on any atom is 0.0247 e. The Labute approximate surface area is 81.8 Å². The topological polar surface area (TPSA) is 29.3 Å². The summed E-state index contributed by atoms with van der Waals surface area (Å²) in [4.78, 5) is 2.48. The van der Waals surface area contributed by atoms with E-state index in [1.807, 2.05) is 6.08 Å². The van der Waals surface area contributed by atoms with Crippen molar-refractivity contribution in [3.63, 3.8) is 0 Å². The lowest BCUT2D eigenvalue weighted by Gasteiger charge is -2.38. The van der Waals surface area contributed by atoms with Gasteiger partial charge in [-0.3, -0.25) is 4.90 Å². The molecule has 1 fully saturated rings. The molecule has 3 atom stereocenters. The van der Waals surface area contributed by atoms with Gasteiger partial charge in [0.1, 0.15) is 0 Å². The molecule has 0 aromatic rings. The highest BCUT2D eigenvalue weighted by molar-refractivity contribution is 4.90. The third kappa shape index (κ3) is 2.55. The number of rotatable bonds is 3. The summed E-state index contributed by atoms with van der Waals surface area (Å²) in [5, 5.41) is 0. The number of likely N-dealkylation sites (tertiary alicyclic amines) is 1. The first-order valence-corrected chi connectivity index (χ1v) is 5.31. The van der Waals surface area contributed by atoms with Crippen molar-refractivity contribution in [1.29, 1.82) is 0 Å². The molecule has 2 nitrogen and oxygen atoms in total. The van der Waals surface area contributed by atoms with E-state index in [0.717, 1.165) is 19.5 Å². The van der Waals surface area contributed by atoms with Gasteiger partial charge < -0.3 is 5.73 Å². The van der Waals surface area contributed by atoms with E-state index in [9.17, 15) is 0 Å². The van der Waals surface area contributed by atoms with Gasteiger partial charge in [0.05, 0.1) is 0 Å². The summed E-state index contributed by atoms with van der Waals surface area (Å²) in [6.45, 7) is 10.5. The van der Waals surface area contributed by atoms with Gasteiger partial charge in [0, 0.05) is 25.2 Å². The van der Waals surface area contributed by atoms with Crippen LogP contribution in [0.4, 0.5) is 0 Å². The standard InChI is InChI=1S/C11H22N2/c1-4-9(3)13-7-6-11(12)10(5-2)8-13/h4,9-11H,1,5-8,12H2,2-3H3. The summed E-state index contributed by atoms with van der Waals surface area (Å²) < 4.78 is 0. The molecule has 0 spiro atoms. The molecule has 1 rings (SSSR count). The van der Waals surface area contributed by atoms with Crippen LogP contribution in [0.5, 0.6) is 0 Å². The smallest absolute Gasteiger partial charge is 0.0247 e. The molecule has 0 aromatic heterocycles. The zero-order chi connectivity index (χ0) is 9.84. The van der Waals surface area contributed by atoms with Gasteiger partial charge in [-0.15, -0.1) is 6.58 Å². The SMILES string of the molecule is C=CC(C)N1CCC(N)C(CC)C1. The Morgan fingerprint density at radius 2 is 2.38 bits per heavy atom. The van der Waals surface area contributed by atoms with Gasteiger partial charge >= 0.3 is 0 Å². The van der Waals surface area contributed by atoms with Crippen LogP contribution in [0.2, 0.25) is 0 Å². The van der Waals surface area contributed by atoms with Crippen molar-refractivity contribution in [1.82, 2.24) is 4.90 Å². The number of hydrogen-bond acceptors (Lipinski definition) is 2. The van der Waals surface area contributed by atoms with Crippen LogP contribution in [0.25, 0.3) is 0 Å². The molecule has 0 aliphatic carbocycles. The Kier molecular flexibility index (Phi) is 3.94. The van der Waals surface area contributed by atoms with Crippen LogP contribution in [0.1, 0.15) is 26.7 Å². The summed E-state index contributed by atoms with van der Waals surface area (Å²) in [5.41, 5.74) is 6.04. The summed E-state index contributed by atoms with van der Waals surface area (Å²) >= 11 is 0. The predicted octanol–water partition coefficient (Wildman–Crippen LogP) is 1.62. The minimum absolute atomic E-state index is 0.415. The molecule has 76 valence electrons. The molecule has 1 heterocycles. The zero-order valence-electron chi connectivity index (χ0n) is 8.87.